The van der Waals surface area contributed by atoms with Crippen LogP contribution in [0.15, 0.2) is 36.5 Å². The molecule has 0 atom stereocenters. The third-order valence-electron chi connectivity index (χ3n) is 3.28. The molecule has 20 heavy (non-hydrogen) atoms. The van der Waals surface area contributed by atoms with Crippen LogP contribution < -0.4 is 10.2 Å². The zero-order valence-corrected chi connectivity index (χ0v) is 13.1. The van der Waals surface area contributed by atoms with E-state index in [1.165, 1.54) is 5.69 Å². The molecule has 0 unspecified atom stereocenters. The second-order valence-corrected chi connectivity index (χ2v) is 5.48. The average Bonchev–Trinajstić information content (AvgIpc) is 2.84. The van der Waals surface area contributed by atoms with Crippen molar-refractivity contribution in [3.63, 3.8) is 0 Å². The Morgan fingerprint density at radius 1 is 1.20 bits per heavy atom. The molecule has 0 fully saturated rings. The second kappa shape index (κ2) is 6.71. The lowest BCUT2D eigenvalue weighted by atomic mass is 10.2. The van der Waals surface area contributed by atoms with Crippen LogP contribution in [0.25, 0.3) is 0 Å². The molecule has 108 valence electrons. The molecule has 1 aromatic carbocycles. The van der Waals surface area contributed by atoms with Crippen LogP contribution in [-0.4, -0.2) is 18.7 Å². The average molecular weight is 292 g/mol. The van der Waals surface area contributed by atoms with Crippen LogP contribution in [0.1, 0.15) is 19.0 Å². The number of anilines is 2. The van der Waals surface area contributed by atoms with Crippen molar-refractivity contribution in [1.82, 2.24) is 4.57 Å². The monoisotopic (exact) mass is 291 g/mol. The fourth-order valence-electron chi connectivity index (χ4n) is 2.37. The number of nitrogens with zero attached hydrogens (tertiary/aromatic N) is 2. The van der Waals surface area contributed by atoms with Crippen LogP contribution in [0.4, 0.5) is 11.4 Å². The number of rotatable bonds is 6. The predicted molar refractivity (Wildman–Crippen MR) is 87.8 cm³/mol. The summed E-state index contributed by atoms with van der Waals surface area (Å²) in [5, 5.41) is 4.26. The van der Waals surface area contributed by atoms with Crippen molar-refractivity contribution in [2.24, 2.45) is 0 Å². The van der Waals surface area contributed by atoms with Crippen LogP contribution >= 0.6 is 11.6 Å². The van der Waals surface area contributed by atoms with Gasteiger partial charge in [-0.3, -0.25) is 0 Å². The Bertz CT molecular complexity index is 561. The van der Waals surface area contributed by atoms with Crippen LogP contribution in [0.3, 0.4) is 0 Å². The van der Waals surface area contributed by atoms with Crippen LogP contribution in [0.2, 0.25) is 5.02 Å². The van der Waals surface area contributed by atoms with E-state index in [9.17, 15) is 0 Å². The number of hydrogen-bond acceptors (Lipinski definition) is 2. The van der Waals surface area contributed by atoms with Gasteiger partial charge in [0, 0.05) is 32.5 Å². The maximum atomic E-state index is 6.28. The van der Waals surface area contributed by atoms with Crippen molar-refractivity contribution < 1.29 is 0 Å². The Morgan fingerprint density at radius 3 is 2.70 bits per heavy atom. The van der Waals surface area contributed by atoms with Gasteiger partial charge in [0.15, 0.2) is 0 Å². The van der Waals surface area contributed by atoms with Crippen molar-refractivity contribution in [2.75, 3.05) is 24.3 Å². The predicted octanol–water partition coefficient (Wildman–Crippen LogP) is 4.23. The SMILES string of the molecule is CCCn1cccc1CNc1cccc(Cl)c1N(C)C. The topological polar surface area (TPSA) is 20.2 Å². The summed E-state index contributed by atoms with van der Waals surface area (Å²) >= 11 is 6.28. The van der Waals surface area contributed by atoms with Gasteiger partial charge in [-0.05, 0) is 30.7 Å². The first-order valence-electron chi connectivity index (χ1n) is 6.97. The molecular formula is C16H22ClN3. The van der Waals surface area contributed by atoms with Crippen molar-refractivity contribution in [2.45, 2.75) is 26.4 Å². The van der Waals surface area contributed by atoms with Crippen molar-refractivity contribution >= 4 is 23.0 Å². The summed E-state index contributed by atoms with van der Waals surface area (Å²) in [6.07, 6.45) is 3.27. The Kier molecular flexibility index (Phi) is 4.96. The van der Waals surface area contributed by atoms with Crippen LogP contribution in [0.5, 0.6) is 0 Å². The molecule has 1 heterocycles. The third kappa shape index (κ3) is 3.28. The zero-order chi connectivity index (χ0) is 14.5. The molecular weight excluding hydrogens is 270 g/mol. The molecule has 0 saturated carbocycles. The summed E-state index contributed by atoms with van der Waals surface area (Å²) in [6.45, 7) is 4.05. The van der Waals surface area contributed by atoms with Crippen molar-refractivity contribution in [3.05, 3.63) is 47.2 Å². The summed E-state index contributed by atoms with van der Waals surface area (Å²) < 4.78 is 2.28. The molecule has 2 aromatic rings. The number of aryl methyl sites for hydroxylation is 1. The summed E-state index contributed by atoms with van der Waals surface area (Å²) in [7, 11) is 4.01. The van der Waals surface area contributed by atoms with E-state index in [-0.39, 0.29) is 0 Å². The number of halogens is 1. The first kappa shape index (κ1) is 14.8. The molecule has 0 aliphatic rings. The van der Waals surface area contributed by atoms with Gasteiger partial charge in [-0.15, -0.1) is 0 Å². The van der Waals surface area contributed by atoms with Gasteiger partial charge >= 0.3 is 0 Å². The molecule has 0 bridgehead atoms. The molecule has 1 aromatic heterocycles. The summed E-state index contributed by atoms with van der Waals surface area (Å²) in [5.74, 6) is 0. The Hall–Kier alpha value is -1.61. The van der Waals surface area contributed by atoms with E-state index in [4.69, 9.17) is 11.6 Å². The fraction of sp³-hybridized carbons (Fsp3) is 0.375. The highest BCUT2D eigenvalue weighted by atomic mass is 35.5. The summed E-state index contributed by atoms with van der Waals surface area (Å²) in [4.78, 5) is 2.04. The van der Waals surface area contributed by atoms with E-state index >= 15 is 0 Å². The van der Waals surface area contributed by atoms with E-state index in [0.717, 1.165) is 35.9 Å². The molecule has 0 saturated heterocycles. The van der Waals surface area contributed by atoms with E-state index in [0.29, 0.717) is 0 Å². The smallest absolute Gasteiger partial charge is 0.0786 e. The molecule has 2 rings (SSSR count). The minimum absolute atomic E-state index is 0.768. The van der Waals surface area contributed by atoms with Gasteiger partial charge in [0.05, 0.1) is 22.9 Å². The number of aromatic nitrogens is 1. The molecule has 0 amide bonds. The maximum absolute atomic E-state index is 6.28. The van der Waals surface area contributed by atoms with Crippen LogP contribution in [0, 0.1) is 0 Å². The van der Waals surface area contributed by atoms with Crippen molar-refractivity contribution in [1.29, 1.82) is 0 Å². The molecule has 0 aliphatic carbocycles. The van der Waals surface area contributed by atoms with Gasteiger partial charge in [-0.2, -0.15) is 0 Å². The molecule has 4 heteroatoms. The third-order valence-corrected chi connectivity index (χ3v) is 3.59. The standard InChI is InChI=1S/C16H22ClN3/c1-4-10-20-11-6-7-13(20)12-18-15-9-5-8-14(17)16(15)19(2)3/h5-9,11,18H,4,10,12H2,1-3H3. The second-order valence-electron chi connectivity index (χ2n) is 5.08. The quantitative estimate of drug-likeness (QED) is 0.859. The van der Waals surface area contributed by atoms with Gasteiger partial charge in [0.2, 0.25) is 0 Å². The van der Waals surface area contributed by atoms with E-state index in [2.05, 4.69) is 41.2 Å². The molecule has 3 nitrogen and oxygen atoms in total. The minimum Gasteiger partial charge on any atom is -0.378 e. The van der Waals surface area contributed by atoms with Gasteiger partial charge in [0.1, 0.15) is 0 Å². The summed E-state index contributed by atoms with van der Waals surface area (Å²) in [6, 6.07) is 10.2. The lowest BCUT2D eigenvalue weighted by Crippen LogP contribution is -2.13. The molecule has 0 radical (unpaired) electrons. The first-order chi connectivity index (χ1) is 9.63. The van der Waals surface area contributed by atoms with E-state index < -0.39 is 0 Å². The van der Waals surface area contributed by atoms with Gasteiger partial charge in [-0.1, -0.05) is 24.6 Å². The van der Waals surface area contributed by atoms with E-state index in [1.54, 1.807) is 0 Å². The Balaban J connectivity index is 2.15. The Morgan fingerprint density at radius 2 is 2.00 bits per heavy atom. The highest BCUT2D eigenvalue weighted by Gasteiger charge is 2.09. The highest BCUT2D eigenvalue weighted by molar-refractivity contribution is 6.34. The number of nitrogens with one attached hydrogen (secondary N) is 1. The number of benzene rings is 1. The van der Waals surface area contributed by atoms with Gasteiger partial charge in [-0.25, -0.2) is 0 Å². The molecule has 0 aliphatic heterocycles. The fourth-order valence-corrected chi connectivity index (χ4v) is 2.71. The minimum atomic E-state index is 0.768. The maximum Gasteiger partial charge on any atom is 0.0786 e. The lowest BCUT2D eigenvalue weighted by Gasteiger charge is -2.20. The van der Waals surface area contributed by atoms with E-state index in [1.807, 2.05) is 31.1 Å². The number of hydrogen-bond donors (Lipinski definition) is 1. The van der Waals surface area contributed by atoms with Gasteiger partial charge < -0.3 is 14.8 Å². The lowest BCUT2D eigenvalue weighted by molar-refractivity contribution is 0.654. The normalized spacial score (nSPS) is 10.6. The zero-order valence-electron chi connectivity index (χ0n) is 12.4. The van der Waals surface area contributed by atoms with Gasteiger partial charge in [0.25, 0.3) is 0 Å². The summed E-state index contributed by atoms with van der Waals surface area (Å²) in [5.41, 5.74) is 3.38. The highest BCUT2D eigenvalue weighted by Crippen LogP contribution is 2.32. The first-order valence-corrected chi connectivity index (χ1v) is 7.35. The Labute approximate surface area is 126 Å². The molecule has 0 spiro atoms. The molecule has 1 N–H and O–H groups in total. The van der Waals surface area contributed by atoms with Crippen molar-refractivity contribution in [3.8, 4) is 0 Å². The number of para-hydroxylation sites is 1. The largest absolute Gasteiger partial charge is 0.378 e. The van der Waals surface area contributed by atoms with Crippen LogP contribution in [-0.2, 0) is 13.1 Å².